The molecule has 1 amide bonds. The number of nitro benzene ring substituents is 2. The number of hydrazone groups is 1. The molecule has 1 heterocycles. The molecule has 0 aromatic heterocycles. The van der Waals surface area contributed by atoms with Crippen LogP contribution in [0.4, 0.5) is 22.7 Å². The van der Waals surface area contributed by atoms with E-state index in [9.17, 15) is 25.0 Å². The first kappa shape index (κ1) is 19.7. The summed E-state index contributed by atoms with van der Waals surface area (Å²) >= 11 is 0. The second kappa shape index (κ2) is 7.50. The van der Waals surface area contributed by atoms with Gasteiger partial charge in [0.1, 0.15) is 5.69 Å². The standard InChI is InChI=1S/C19H17N5O5/c1-12-16(10-13-4-6-14(7-5-13)21(2)3)19(25)22(20-12)17-9-8-15(23(26)27)11-18(17)24(28)29/h4-11H,1-3H3/b16-10-. The molecule has 1 aliphatic heterocycles. The van der Waals surface area contributed by atoms with Gasteiger partial charge in [-0.25, -0.2) is 0 Å². The quantitative estimate of drug-likeness (QED) is 0.434. The van der Waals surface area contributed by atoms with E-state index in [0.717, 1.165) is 34.5 Å². The van der Waals surface area contributed by atoms with Crippen molar-refractivity contribution in [2.24, 2.45) is 5.10 Å². The van der Waals surface area contributed by atoms with Gasteiger partial charge in [0.15, 0.2) is 0 Å². The molecule has 0 bridgehead atoms. The highest BCUT2D eigenvalue weighted by atomic mass is 16.6. The summed E-state index contributed by atoms with van der Waals surface area (Å²) in [5, 5.41) is 27.3. The summed E-state index contributed by atoms with van der Waals surface area (Å²) < 4.78 is 0. The SMILES string of the molecule is CC1=NN(c2ccc([N+](=O)[O-])cc2[N+](=O)[O-])C(=O)/C1=C\c1ccc(N(C)C)cc1. The van der Waals surface area contributed by atoms with Crippen LogP contribution < -0.4 is 9.91 Å². The van der Waals surface area contributed by atoms with Gasteiger partial charge < -0.3 is 4.90 Å². The molecule has 0 spiro atoms. The molecule has 0 atom stereocenters. The molecule has 0 fully saturated rings. The molecule has 0 N–H and O–H groups in total. The second-order valence-electron chi connectivity index (χ2n) is 6.53. The first-order valence-corrected chi connectivity index (χ1v) is 8.51. The topological polar surface area (TPSA) is 122 Å². The van der Waals surface area contributed by atoms with Crippen molar-refractivity contribution < 1.29 is 14.6 Å². The normalized spacial score (nSPS) is 14.9. The molecule has 10 heteroatoms. The average molecular weight is 395 g/mol. The van der Waals surface area contributed by atoms with E-state index in [2.05, 4.69) is 5.10 Å². The van der Waals surface area contributed by atoms with Crippen LogP contribution >= 0.6 is 0 Å². The van der Waals surface area contributed by atoms with Crippen molar-refractivity contribution in [3.05, 3.63) is 73.8 Å². The Hall–Kier alpha value is -4.08. The Balaban J connectivity index is 1.98. The number of nitrogens with zero attached hydrogens (tertiary/aromatic N) is 5. The molecule has 29 heavy (non-hydrogen) atoms. The Morgan fingerprint density at radius 1 is 1.03 bits per heavy atom. The van der Waals surface area contributed by atoms with Gasteiger partial charge in [0.2, 0.25) is 0 Å². The highest BCUT2D eigenvalue weighted by Gasteiger charge is 2.34. The highest BCUT2D eigenvalue weighted by Crippen LogP contribution is 2.35. The Morgan fingerprint density at radius 2 is 1.69 bits per heavy atom. The zero-order valence-corrected chi connectivity index (χ0v) is 15.9. The number of carbonyl (C=O) groups excluding carboxylic acids is 1. The maximum atomic E-state index is 12.9. The van der Waals surface area contributed by atoms with Gasteiger partial charge in [-0.15, -0.1) is 0 Å². The molecule has 0 saturated heterocycles. The lowest BCUT2D eigenvalue weighted by molar-refractivity contribution is -0.393. The number of anilines is 2. The third kappa shape index (κ3) is 3.81. The van der Waals surface area contributed by atoms with Crippen LogP contribution in [0.5, 0.6) is 0 Å². The largest absolute Gasteiger partial charge is 0.378 e. The van der Waals surface area contributed by atoms with Gasteiger partial charge in [0.05, 0.1) is 27.2 Å². The number of non-ortho nitro benzene ring substituents is 1. The fourth-order valence-electron chi connectivity index (χ4n) is 2.83. The summed E-state index contributed by atoms with van der Waals surface area (Å²) in [6, 6.07) is 10.6. The average Bonchev–Trinajstić information content (AvgIpc) is 2.96. The molecular formula is C19H17N5O5. The van der Waals surface area contributed by atoms with Crippen molar-refractivity contribution in [2.75, 3.05) is 24.0 Å². The van der Waals surface area contributed by atoms with Gasteiger partial charge in [0.25, 0.3) is 11.6 Å². The van der Waals surface area contributed by atoms with Gasteiger partial charge in [-0.1, -0.05) is 12.1 Å². The van der Waals surface area contributed by atoms with Crippen molar-refractivity contribution in [3.8, 4) is 0 Å². The summed E-state index contributed by atoms with van der Waals surface area (Å²) in [7, 11) is 3.83. The van der Waals surface area contributed by atoms with Crippen LogP contribution in [0.15, 0.2) is 53.1 Å². The van der Waals surface area contributed by atoms with Crippen LogP contribution in [0.25, 0.3) is 6.08 Å². The molecule has 2 aromatic carbocycles. The zero-order chi connectivity index (χ0) is 21.3. The molecule has 10 nitrogen and oxygen atoms in total. The summed E-state index contributed by atoms with van der Waals surface area (Å²) in [6.45, 7) is 1.62. The number of hydrogen-bond acceptors (Lipinski definition) is 7. The lowest BCUT2D eigenvalue weighted by atomic mass is 10.1. The molecule has 0 radical (unpaired) electrons. The zero-order valence-electron chi connectivity index (χ0n) is 15.9. The molecule has 3 rings (SSSR count). The lowest BCUT2D eigenvalue weighted by Gasteiger charge is -2.12. The van der Waals surface area contributed by atoms with E-state index < -0.39 is 27.1 Å². The molecular weight excluding hydrogens is 378 g/mol. The molecule has 1 aliphatic rings. The van der Waals surface area contributed by atoms with Gasteiger partial charge in [-0.2, -0.15) is 10.1 Å². The maximum absolute atomic E-state index is 12.9. The van der Waals surface area contributed by atoms with Gasteiger partial charge >= 0.3 is 5.69 Å². The van der Waals surface area contributed by atoms with E-state index in [4.69, 9.17) is 0 Å². The first-order valence-electron chi connectivity index (χ1n) is 8.51. The number of rotatable bonds is 5. The molecule has 0 aliphatic carbocycles. The summed E-state index contributed by atoms with van der Waals surface area (Å²) in [4.78, 5) is 35.6. The van der Waals surface area contributed by atoms with Crippen LogP contribution in [-0.4, -0.2) is 35.6 Å². The fourth-order valence-corrected chi connectivity index (χ4v) is 2.83. The number of amides is 1. The molecule has 0 saturated carbocycles. The summed E-state index contributed by atoms with van der Waals surface area (Å²) in [5.74, 6) is -0.545. The van der Waals surface area contributed by atoms with Crippen molar-refractivity contribution >= 4 is 40.4 Å². The number of nitro groups is 2. The van der Waals surface area contributed by atoms with Crippen molar-refractivity contribution in [3.63, 3.8) is 0 Å². The van der Waals surface area contributed by atoms with E-state index in [0.29, 0.717) is 5.71 Å². The van der Waals surface area contributed by atoms with E-state index in [-0.39, 0.29) is 11.3 Å². The molecule has 2 aromatic rings. The molecule has 148 valence electrons. The smallest absolute Gasteiger partial charge is 0.301 e. The Labute approximate surface area is 165 Å². The highest BCUT2D eigenvalue weighted by molar-refractivity contribution is 6.32. The van der Waals surface area contributed by atoms with Gasteiger partial charge in [-0.05, 0) is 36.8 Å². The van der Waals surface area contributed by atoms with Crippen LogP contribution in [0.1, 0.15) is 12.5 Å². The number of benzene rings is 2. The second-order valence-corrected chi connectivity index (χ2v) is 6.53. The lowest BCUT2D eigenvalue weighted by Crippen LogP contribution is -2.22. The fraction of sp³-hybridized carbons (Fsp3) is 0.158. The predicted octanol–water partition coefficient (Wildman–Crippen LogP) is 3.38. The van der Waals surface area contributed by atoms with Gasteiger partial charge in [0, 0.05) is 25.8 Å². The Kier molecular flexibility index (Phi) is 5.09. The minimum Gasteiger partial charge on any atom is -0.378 e. The van der Waals surface area contributed by atoms with Crippen molar-refractivity contribution in [1.29, 1.82) is 0 Å². The predicted molar refractivity (Wildman–Crippen MR) is 109 cm³/mol. The molecule has 0 unspecified atom stereocenters. The Morgan fingerprint density at radius 3 is 2.24 bits per heavy atom. The van der Waals surface area contributed by atoms with E-state index in [1.165, 1.54) is 0 Å². The van der Waals surface area contributed by atoms with Crippen LogP contribution in [0.2, 0.25) is 0 Å². The minimum absolute atomic E-state index is 0.128. The van der Waals surface area contributed by atoms with Crippen LogP contribution in [0.3, 0.4) is 0 Å². The van der Waals surface area contributed by atoms with Gasteiger partial charge in [-0.3, -0.25) is 25.0 Å². The third-order valence-electron chi connectivity index (χ3n) is 4.38. The summed E-state index contributed by atoms with van der Waals surface area (Å²) in [6.07, 6.45) is 1.65. The van der Waals surface area contributed by atoms with Crippen LogP contribution in [-0.2, 0) is 4.79 Å². The monoisotopic (exact) mass is 395 g/mol. The van der Waals surface area contributed by atoms with E-state index in [1.807, 2.05) is 43.3 Å². The number of hydrogen-bond donors (Lipinski definition) is 0. The maximum Gasteiger partial charge on any atom is 0.301 e. The van der Waals surface area contributed by atoms with Crippen molar-refractivity contribution in [1.82, 2.24) is 0 Å². The first-order chi connectivity index (χ1) is 13.7. The third-order valence-corrected chi connectivity index (χ3v) is 4.38. The Bertz CT molecular complexity index is 1070. The van der Waals surface area contributed by atoms with Crippen molar-refractivity contribution in [2.45, 2.75) is 6.92 Å². The van der Waals surface area contributed by atoms with Crippen LogP contribution in [0, 0.1) is 20.2 Å². The summed E-state index contributed by atoms with van der Waals surface area (Å²) in [5.41, 5.74) is 1.31. The minimum atomic E-state index is -0.776. The number of carbonyl (C=O) groups is 1. The van der Waals surface area contributed by atoms with E-state index >= 15 is 0 Å². The van der Waals surface area contributed by atoms with E-state index in [1.54, 1.807) is 13.0 Å².